The van der Waals surface area contributed by atoms with E-state index < -0.39 is 0 Å². The van der Waals surface area contributed by atoms with Gasteiger partial charge < -0.3 is 10.7 Å². The maximum atomic E-state index is 5.84. The number of likely N-dealkylation sites (tertiary alicyclic amines) is 1. The summed E-state index contributed by atoms with van der Waals surface area (Å²) in [5.74, 6) is 1.07. The zero-order valence-electron chi connectivity index (χ0n) is 8.66. The van der Waals surface area contributed by atoms with Crippen molar-refractivity contribution in [2.24, 2.45) is 5.73 Å². The molecule has 0 radical (unpaired) electrons. The highest BCUT2D eigenvalue weighted by Crippen LogP contribution is 2.10. The Labute approximate surface area is 84.5 Å². The lowest BCUT2D eigenvalue weighted by atomic mass is 10.1. The number of aryl methyl sites for hydroxylation is 1. The number of imidazole rings is 1. The van der Waals surface area contributed by atoms with Crippen molar-refractivity contribution in [2.75, 3.05) is 13.1 Å². The molecule has 0 atom stereocenters. The van der Waals surface area contributed by atoms with E-state index in [1.165, 1.54) is 0 Å². The van der Waals surface area contributed by atoms with Gasteiger partial charge in [-0.1, -0.05) is 0 Å². The maximum Gasteiger partial charge on any atom is 0.120 e. The van der Waals surface area contributed by atoms with Crippen molar-refractivity contribution in [3.63, 3.8) is 0 Å². The van der Waals surface area contributed by atoms with Crippen LogP contribution in [0.5, 0.6) is 0 Å². The first-order chi connectivity index (χ1) is 6.74. The zero-order valence-corrected chi connectivity index (χ0v) is 8.66. The lowest BCUT2D eigenvalue weighted by Gasteiger charge is -2.29. The van der Waals surface area contributed by atoms with Gasteiger partial charge in [-0.3, -0.25) is 4.90 Å². The maximum absolute atomic E-state index is 5.84. The number of aromatic nitrogens is 2. The molecule has 0 amide bonds. The third-order valence-electron chi connectivity index (χ3n) is 2.76. The van der Waals surface area contributed by atoms with Gasteiger partial charge in [-0.25, -0.2) is 4.98 Å². The van der Waals surface area contributed by atoms with Crippen molar-refractivity contribution in [3.05, 3.63) is 17.7 Å². The van der Waals surface area contributed by atoms with Crippen molar-refractivity contribution in [1.29, 1.82) is 0 Å². The van der Waals surface area contributed by atoms with Gasteiger partial charge in [0.2, 0.25) is 0 Å². The van der Waals surface area contributed by atoms with Crippen LogP contribution in [0, 0.1) is 6.92 Å². The van der Waals surface area contributed by atoms with E-state index in [0.29, 0.717) is 6.04 Å². The van der Waals surface area contributed by atoms with Gasteiger partial charge in [0, 0.05) is 31.0 Å². The Bertz CT molecular complexity index is 286. The van der Waals surface area contributed by atoms with Crippen LogP contribution in [0.25, 0.3) is 0 Å². The van der Waals surface area contributed by atoms with Crippen molar-refractivity contribution < 1.29 is 0 Å². The summed E-state index contributed by atoms with van der Waals surface area (Å²) in [6.07, 6.45) is 4.10. The highest BCUT2D eigenvalue weighted by atomic mass is 15.2. The standard InChI is InChI=1S/C10H18N4/c1-8-6-12-10(13-8)7-14-4-2-9(11)3-5-14/h6,9H,2-5,7,11H2,1H3,(H,12,13). The zero-order chi connectivity index (χ0) is 9.97. The Morgan fingerprint density at radius 2 is 2.29 bits per heavy atom. The molecule has 1 aromatic heterocycles. The molecule has 2 heterocycles. The van der Waals surface area contributed by atoms with Crippen LogP contribution in [0.15, 0.2) is 6.20 Å². The molecule has 4 nitrogen and oxygen atoms in total. The fourth-order valence-electron chi connectivity index (χ4n) is 1.87. The molecule has 1 aliphatic rings. The van der Waals surface area contributed by atoms with E-state index in [4.69, 9.17) is 5.73 Å². The minimum Gasteiger partial charge on any atom is -0.345 e. The second-order valence-electron chi connectivity index (χ2n) is 4.13. The topological polar surface area (TPSA) is 57.9 Å². The van der Waals surface area contributed by atoms with E-state index in [1.54, 1.807) is 0 Å². The van der Waals surface area contributed by atoms with Crippen molar-refractivity contribution in [2.45, 2.75) is 32.4 Å². The fourth-order valence-corrected chi connectivity index (χ4v) is 1.87. The van der Waals surface area contributed by atoms with E-state index in [-0.39, 0.29) is 0 Å². The van der Waals surface area contributed by atoms with Gasteiger partial charge >= 0.3 is 0 Å². The number of nitrogens with two attached hydrogens (primary N) is 1. The van der Waals surface area contributed by atoms with Crippen molar-refractivity contribution in [3.8, 4) is 0 Å². The Balaban J connectivity index is 1.86. The van der Waals surface area contributed by atoms with Crippen LogP contribution in [0.1, 0.15) is 24.4 Å². The Hall–Kier alpha value is -0.870. The van der Waals surface area contributed by atoms with Crippen LogP contribution in [0.4, 0.5) is 0 Å². The third-order valence-corrected chi connectivity index (χ3v) is 2.76. The Kier molecular flexibility index (Phi) is 2.84. The summed E-state index contributed by atoms with van der Waals surface area (Å²) in [5, 5.41) is 0. The Morgan fingerprint density at radius 1 is 1.57 bits per heavy atom. The monoisotopic (exact) mass is 194 g/mol. The molecule has 0 spiro atoms. The molecule has 0 aromatic carbocycles. The minimum absolute atomic E-state index is 0.407. The molecule has 78 valence electrons. The highest BCUT2D eigenvalue weighted by Gasteiger charge is 2.16. The van der Waals surface area contributed by atoms with E-state index in [9.17, 15) is 0 Å². The molecule has 0 aliphatic carbocycles. The smallest absolute Gasteiger partial charge is 0.120 e. The molecule has 1 aromatic rings. The number of H-pyrrole nitrogens is 1. The molecule has 0 unspecified atom stereocenters. The van der Waals surface area contributed by atoms with Gasteiger partial charge in [0.25, 0.3) is 0 Å². The SMILES string of the molecule is Cc1cnc(CN2CCC(N)CC2)[nH]1. The summed E-state index contributed by atoms with van der Waals surface area (Å²) in [7, 11) is 0. The van der Waals surface area contributed by atoms with Crippen molar-refractivity contribution >= 4 is 0 Å². The summed E-state index contributed by atoms with van der Waals surface area (Å²) in [4.78, 5) is 9.96. The van der Waals surface area contributed by atoms with Gasteiger partial charge in [0.05, 0.1) is 6.54 Å². The molecule has 14 heavy (non-hydrogen) atoms. The lowest BCUT2D eigenvalue weighted by molar-refractivity contribution is 0.201. The van der Waals surface area contributed by atoms with Gasteiger partial charge in [-0.05, 0) is 19.8 Å². The highest BCUT2D eigenvalue weighted by molar-refractivity contribution is 4.98. The number of piperidine rings is 1. The summed E-state index contributed by atoms with van der Waals surface area (Å²) in [6, 6.07) is 0.407. The van der Waals surface area contributed by atoms with Crippen LogP contribution in [-0.4, -0.2) is 34.0 Å². The summed E-state index contributed by atoms with van der Waals surface area (Å²) < 4.78 is 0. The first-order valence-electron chi connectivity index (χ1n) is 5.22. The number of nitrogens with one attached hydrogen (secondary N) is 1. The Morgan fingerprint density at radius 3 is 2.86 bits per heavy atom. The number of nitrogens with zero attached hydrogens (tertiary/aromatic N) is 2. The van der Waals surface area contributed by atoms with E-state index in [2.05, 4.69) is 14.9 Å². The summed E-state index contributed by atoms with van der Waals surface area (Å²) >= 11 is 0. The van der Waals surface area contributed by atoms with E-state index in [1.807, 2.05) is 13.1 Å². The number of hydrogen-bond acceptors (Lipinski definition) is 3. The predicted molar refractivity (Wildman–Crippen MR) is 55.8 cm³/mol. The second kappa shape index (κ2) is 4.11. The second-order valence-corrected chi connectivity index (χ2v) is 4.13. The van der Waals surface area contributed by atoms with Crippen LogP contribution in [0.2, 0.25) is 0 Å². The molecule has 1 aliphatic heterocycles. The molecule has 4 heteroatoms. The largest absolute Gasteiger partial charge is 0.345 e. The quantitative estimate of drug-likeness (QED) is 0.726. The van der Waals surface area contributed by atoms with E-state index in [0.717, 1.165) is 44.0 Å². The van der Waals surface area contributed by atoms with Gasteiger partial charge in [0.1, 0.15) is 5.82 Å². The van der Waals surface area contributed by atoms with Gasteiger partial charge in [-0.15, -0.1) is 0 Å². The average molecular weight is 194 g/mol. The molecule has 3 N–H and O–H groups in total. The molecule has 2 rings (SSSR count). The van der Waals surface area contributed by atoms with E-state index >= 15 is 0 Å². The normalized spacial score (nSPS) is 20.1. The molecule has 0 bridgehead atoms. The van der Waals surface area contributed by atoms with Gasteiger partial charge in [0.15, 0.2) is 0 Å². The fraction of sp³-hybridized carbons (Fsp3) is 0.700. The first-order valence-corrected chi connectivity index (χ1v) is 5.22. The first kappa shape index (κ1) is 9.68. The summed E-state index contributed by atoms with van der Waals surface area (Å²) in [6.45, 7) is 5.16. The minimum atomic E-state index is 0.407. The number of aromatic amines is 1. The third kappa shape index (κ3) is 2.33. The lowest BCUT2D eigenvalue weighted by Crippen LogP contribution is -2.39. The average Bonchev–Trinajstić information content (AvgIpc) is 2.56. The number of hydrogen-bond donors (Lipinski definition) is 2. The van der Waals surface area contributed by atoms with Crippen LogP contribution < -0.4 is 5.73 Å². The predicted octanol–water partition coefficient (Wildman–Crippen LogP) is 0.641. The van der Waals surface area contributed by atoms with Crippen molar-refractivity contribution in [1.82, 2.24) is 14.9 Å². The van der Waals surface area contributed by atoms with Gasteiger partial charge in [-0.2, -0.15) is 0 Å². The number of rotatable bonds is 2. The molecule has 1 saturated heterocycles. The summed E-state index contributed by atoms with van der Waals surface area (Å²) in [5.41, 5.74) is 6.98. The van der Waals surface area contributed by atoms with Crippen LogP contribution in [0.3, 0.4) is 0 Å². The van der Waals surface area contributed by atoms with Crippen LogP contribution >= 0.6 is 0 Å². The van der Waals surface area contributed by atoms with Crippen LogP contribution in [-0.2, 0) is 6.54 Å². The molecule has 0 saturated carbocycles. The molecular formula is C10H18N4. The molecular weight excluding hydrogens is 176 g/mol. The molecule has 1 fully saturated rings.